The van der Waals surface area contributed by atoms with Crippen LogP contribution >= 0.6 is 0 Å². The van der Waals surface area contributed by atoms with Crippen LogP contribution < -0.4 is 15.8 Å². The van der Waals surface area contributed by atoms with Crippen molar-refractivity contribution in [3.63, 3.8) is 0 Å². The largest absolute Gasteiger partial charge is 0.484 e. The highest BCUT2D eigenvalue weighted by Crippen LogP contribution is 2.31. The second-order valence-corrected chi connectivity index (χ2v) is 5.56. The molecule has 2 rings (SSSR count). The Bertz CT molecular complexity index is 569. The molecule has 2 aromatic rings. The highest BCUT2D eigenvalue weighted by molar-refractivity contribution is 5.63. The van der Waals surface area contributed by atoms with E-state index in [0.29, 0.717) is 0 Å². The summed E-state index contributed by atoms with van der Waals surface area (Å²) >= 11 is 0. The van der Waals surface area contributed by atoms with Crippen LogP contribution in [0.3, 0.4) is 0 Å². The number of nitrogen functional groups attached to an aromatic ring is 1. The van der Waals surface area contributed by atoms with Crippen LogP contribution in [0.15, 0.2) is 48.5 Å². The summed E-state index contributed by atoms with van der Waals surface area (Å²) in [6.07, 6.45) is 3.60. The van der Waals surface area contributed by atoms with E-state index in [1.54, 1.807) is 0 Å². The molecule has 0 fully saturated rings. The van der Waals surface area contributed by atoms with Gasteiger partial charge in [-0.2, -0.15) is 0 Å². The number of rotatable bonds is 8. The minimum absolute atomic E-state index is 0.000941. The molecule has 1 atom stereocenters. The molecule has 0 saturated heterocycles. The van der Waals surface area contributed by atoms with Crippen molar-refractivity contribution in [2.24, 2.45) is 0 Å². The quantitative estimate of drug-likeness (QED) is 0.532. The fraction of sp³-hybridized carbons (Fsp3) is 0.368. The average molecular weight is 298 g/mol. The lowest BCUT2D eigenvalue weighted by molar-refractivity contribution is 0.228. The summed E-state index contributed by atoms with van der Waals surface area (Å²) in [6.45, 7) is 5.20. The first-order valence-corrected chi connectivity index (χ1v) is 8.05. The second-order valence-electron chi connectivity index (χ2n) is 5.56. The number of hydrogen-bond acceptors (Lipinski definition) is 3. The first-order chi connectivity index (χ1) is 10.7. The highest BCUT2D eigenvalue weighted by Gasteiger charge is 2.10. The van der Waals surface area contributed by atoms with Crippen molar-refractivity contribution in [2.75, 3.05) is 17.6 Å². The normalized spacial score (nSPS) is 11.9. The number of hydrogen-bond donors (Lipinski definition) is 2. The van der Waals surface area contributed by atoms with Crippen LogP contribution in [0.5, 0.6) is 5.75 Å². The highest BCUT2D eigenvalue weighted by atomic mass is 16.5. The molecule has 118 valence electrons. The maximum absolute atomic E-state index is 6.13. The molecule has 0 saturated carbocycles. The summed E-state index contributed by atoms with van der Waals surface area (Å²) in [5.74, 6) is 0.849. The third-order valence-electron chi connectivity index (χ3n) is 3.67. The van der Waals surface area contributed by atoms with E-state index in [4.69, 9.17) is 10.5 Å². The van der Waals surface area contributed by atoms with Crippen LogP contribution in [-0.4, -0.2) is 6.54 Å². The van der Waals surface area contributed by atoms with Crippen LogP contribution in [0, 0.1) is 0 Å². The van der Waals surface area contributed by atoms with Gasteiger partial charge in [-0.1, -0.05) is 50.1 Å². The lowest BCUT2D eigenvalue weighted by Crippen LogP contribution is -2.08. The van der Waals surface area contributed by atoms with Crippen molar-refractivity contribution in [3.8, 4) is 5.75 Å². The third-order valence-corrected chi connectivity index (χ3v) is 3.67. The van der Waals surface area contributed by atoms with Gasteiger partial charge in [0.05, 0.1) is 5.69 Å². The van der Waals surface area contributed by atoms with E-state index >= 15 is 0 Å². The van der Waals surface area contributed by atoms with E-state index in [1.165, 1.54) is 12.8 Å². The maximum atomic E-state index is 6.13. The first-order valence-electron chi connectivity index (χ1n) is 8.05. The van der Waals surface area contributed by atoms with Gasteiger partial charge in [0.15, 0.2) is 0 Å². The lowest BCUT2D eigenvalue weighted by Gasteiger charge is -2.19. The Balaban J connectivity index is 2.06. The molecule has 0 amide bonds. The smallest absolute Gasteiger partial charge is 0.143 e. The third kappa shape index (κ3) is 4.69. The predicted molar refractivity (Wildman–Crippen MR) is 94.4 cm³/mol. The molecular formula is C19H26N2O. The number of benzene rings is 2. The summed E-state index contributed by atoms with van der Waals surface area (Å²) in [5, 5.41) is 3.44. The van der Waals surface area contributed by atoms with Crippen LogP contribution in [0.1, 0.15) is 44.8 Å². The molecule has 0 aliphatic heterocycles. The predicted octanol–water partition coefficient (Wildman–Crippen LogP) is 5.01. The van der Waals surface area contributed by atoms with Gasteiger partial charge in [-0.3, -0.25) is 0 Å². The summed E-state index contributed by atoms with van der Waals surface area (Å²) in [5.41, 5.74) is 8.79. The van der Waals surface area contributed by atoms with Gasteiger partial charge >= 0.3 is 0 Å². The zero-order chi connectivity index (χ0) is 15.8. The summed E-state index contributed by atoms with van der Waals surface area (Å²) in [6, 6.07) is 16.0. The van der Waals surface area contributed by atoms with Crippen molar-refractivity contribution in [1.29, 1.82) is 0 Å². The van der Waals surface area contributed by atoms with Gasteiger partial charge in [-0.25, -0.2) is 0 Å². The van der Waals surface area contributed by atoms with E-state index in [-0.39, 0.29) is 6.10 Å². The van der Waals surface area contributed by atoms with Crippen molar-refractivity contribution in [3.05, 3.63) is 54.1 Å². The lowest BCUT2D eigenvalue weighted by atomic mass is 10.1. The molecule has 0 aromatic heterocycles. The van der Waals surface area contributed by atoms with Crippen molar-refractivity contribution >= 4 is 11.4 Å². The number of nitrogens with two attached hydrogens (primary N) is 1. The molecular weight excluding hydrogens is 272 g/mol. The van der Waals surface area contributed by atoms with Crippen LogP contribution in [0.2, 0.25) is 0 Å². The van der Waals surface area contributed by atoms with Crippen molar-refractivity contribution < 1.29 is 4.74 Å². The Morgan fingerprint density at radius 3 is 2.59 bits per heavy atom. The van der Waals surface area contributed by atoms with Crippen LogP contribution in [-0.2, 0) is 0 Å². The topological polar surface area (TPSA) is 47.3 Å². The molecule has 0 aliphatic carbocycles. The van der Waals surface area contributed by atoms with Crippen LogP contribution in [0.25, 0.3) is 0 Å². The standard InChI is InChI=1S/C19H26N2O/c1-3-4-8-13-21-18-14-17(20)11-12-19(18)22-15(2)16-9-6-5-7-10-16/h5-7,9-12,14-15,21H,3-4,8,13,20H2,1-2H3. The molecule has 3 N–H and O–H groups in total. The molecule has 3 nitrogen and oxygen atoms in total. The molecule has 2 aromatic carbocycles. The van der Waals surface area contributed by atoms with E-state index in [2.05, 4.69) is 31.3 Å². The molecule has 3 heteroatoms. The summed E-state index contributed by atoms with van der Waals surface area (Å²) < 4.78 is 6.13. The van der Waals surface area contributed by atoms with E-state index in [9.17, 15) is 0 Å². The Morgan fingerprint density at radius 2 is 1.86 bits per heavy atom. The zero-order valence-corrected chi connectivity index (χ0v) is 13.5. The molecule has 0 radical (unpaired) electrons. The maximum Gasteiger partial charge on any atom is 0.143 e. The Morgan fingerprint density at radius 1 is 1.09 bits per heavy atom. The monoisotopic (exact) mass is 298 g/mol. The minimum Gasteiger partial charge on any atom is -0.484 e. The van der Waals surface area contributed by atoms with Gasteiger partial charge in [-0.05, 0) is 37.1 Å². The Kier molecular flexibility index (Phi) is 6.13. The van der Waals surface area contributed by atoms with Crippen molar-refractivity contribution in [1.82, 2.24) is 0 Å². The summed E-state index contributed by atoms with van der Waals surface area (Å²) in [7, 11) is 0. The van der Waals surface area contributed by atoms with Gasteiger partial charge in [0.2, 0.25) is 0 Å². The minimum atomic E-state index is 0.000941. The Labute approximate surface area is 133 Å². The van der Waals surface area contributed by atoms with Gasteiger partial charge in [0, 0.05) is 12.2 Å². The second kappa shape index (κ2) is 8.32. The van der Waals surface area contributed by atoms with E-state index < -0.39 is 0 Å². The molecule has 0 heterocycles. The molecule has 1 unspecified atom stereocenters. The number of anilines is 2. The molecule has 22 heavy (non-hydrogen) atoms. The summed E-state index contributed by atoms with van der Waals surface area (Å²) in [4.78, 5) is 0. The fourth-order valence-corrected chi connectivity index (χ4v) is 2.37. The Hall–Kier alpha value is -2.16. The number of ether oxygens (including phenoxy) is 1. The van der Waals surface area contributed by atoms with Gasteiger partial charge in [-0.15, -0.1) is 0 Å². The SMILES string of the molecule is CCCCCNc1cc(N)ccc1OC(C)c1ccccc1. The van der Waals surface area contributed by atoms with Gasteiger partial charge in [0.1, 0.15) is 11.9 Å². The van der Waals surface area contributed by atoms with Gasteiger partial charge < -0.3 is 15.8 Å². The first kappa shape index (κ1) is 16.2. The molecule has 0 aliphatic rings. The average Bonchev–Trinajstić information content (AvgIpc) is 2.54. The molecule has 0 spiro atoms. The van der Waals surface area contributed by atoms with E-state index in [0.717, 1.165) is 35.7 Å². The zero-order valence-electron chi connectivity index (χ0n) is 13.5. The van der Waals surface area contributed by atoms with Crippen molar-refractivity contribution in [2.45, 2.75) is 39.2 Å². The van der Waals surface area contributed by atoms with Gasteiger partial charge in [0.25, 0.3) is 0 Å². The molecule has 0 bridgehead atoms. The fourth-order valence-electron chi connectivity index (χ4n) is 2.37. The van der Waals surface area contributed by atoms with Crippen LogP contribution in [0.4, 0.5) is 11.4 Å². The van der Waals surface area contributed by atoms with E-state index in [1.807, 2.05) is 36.4 Å². The number of nitrogens with one attached hydrogen (secondary N) is 1. The number of unbranched alkanes of at least 4 members (excludes halogenated alkanes) is 2.